The molecule has 0 spiro atoms. The molecule has 0 radical (unpaired) electrons. The first kappa shape index (κ1) is 10.9. The molecule has 0 saturated heterocycles. The van der Waals surface area contributed by atoms with Gasteiger partial charge in [0.1, 0.15) is 5.75 Å². The molecule has 0 amide bonds. The van der Waals surface area contributed by atoms with Gasteiger partial charge in [0.25, 0.3) is 0 Å². The summed E-state index contributed by atoms with van der Waals surface area (Å²) in [4.78, 5) is 0. The summed E-state index contributed by atoms with van der Waals surface area (Å²) in [6.07, 6.45) is 3.23. The van der Waals surface area contributed by atoms with Gasteiger partial charge in [0.05, 0.1) is 11.2 Å². The molecule has 0 aliphatic heterocycles. The predicted octanol–water partition coefficient (Wildman–Crippen LogP) is 3.33. The van der Waals surface area contributed by atoms with E-state index in [0.29, 0.717) is 5.56 Å². The molecule has 3 nitrogen and oxygen atoms in total. The topological polar surface area (TPSA) is 37.9 Å². The number of halogens is 3. The van der Waals surface area contributed by atoms with E-state index in [0.717, 1.165) is 5.56 Å². The van der Waals surface area contributed by atoms with E-state index in [1.54, 1.807) is 18.5 Å². The fourth-order valence-corrected chi connectivity index (χ4v) is 1.44. The molecule has 0 bridgehead atoms. The zero-order valence-corrected chi connectivity index (χ0v) is 8.71. The van der Waals surface area contributed by atoms with Gasteiger partial charge in [-0.25, -0.2) is 0 Å². The first-order valence-corrected chi connectivity index (χ1v) is 4.78. The molecule has 0 unspecified atom stereocenters. The highest BCUT2D eigenvalue weighted by Crippen LogP contribution is 2.31. The number of hydrogen-bond donors (Lipinski definition) is 1. The molecule has 2 aromatic rings. The lowest BCUT2D eigenvalue weighted by atomic mass is 10.1. The van der Waals surface area contributed by atoms with Crippen LogP contribution in [0.3, 0.4) is 0 Å². The van der Waals surface area contributed by atoms with Crippen LogP contribution in [0.25, 0.3) is 11.1 Å². The van der Waals surface area contributed by atoms with Gasteiger partial charge < -0.3 is 4.74 Å². The molecular formula is C10H7ClF2N2O. The number of benzene rings is 1. The maximum absolute atomic E-state index is 12.1. The Hall–Kier alpha value is -1.62. The molecular weight excluding hydrogens is 238 g/mol. The van der Waals surface area contributed by atoms with Gasteiger partial charge in [0.15, 0.2) is 0 Å². The van der Waals surface area contributed by atoms with Crippen molar-refractivity contribution in [1.82, 2.24) is 10.2 Å². The lowest BCUT2D eigenvalue weighted by Gasteiger charge is -2.07. The molecule has 2 rings (SSSR count). The summed E-state index contributed by atoms with van der Waals surface area (Å²) in [5.41, 5.74) is 1.48. The van der Waals surface area contributed by atoms with E-state index in [2.05, 4.69) is 14.9 Å². The molecule has 16 heavy (non-hydrogen) atoms. The summed E-state index contributed by atoms with van der Waals surface area (Å²) in [6.45, 7) is -2.89. The van der Waals surface area contributed by atoms with Crippen molar-refractivity contribution in [2.24, 2.45) is 0 Å². The first-order chi connectivity index (χ1) is 7.66. The highest BCUT2D eigenvalue weighted by molar-refractivity contribution is 6.32. The van der Waals surface area contributed by atoms with Gasteiger partial charge in [0.2, 0.25) is 0 Å². The standard InChI is InChI=1S/C10H7ClF2N2O/c11-8-2-1-6(7-4-14-15-5-7)3-9(8)16-10(12)13/h1-5,10H,(H,14,15). The van der Waals surface area contributed by atoms with Crippen molar-refractivity contribution in [2.75, 3.05) is 0 Å². The van der Waals surface area contributed by atoms with Crippen molar-refractivity contribution in [2.45, 2.75) is 6.61 Å². The van der Waals surface area contributed by atoms with Crippen LogP contribution in [0.5, 0.6) is 5.75 Å². The number of aromatic amines is 1. The minimum absolute atomic E-state index is 0.0460. The highest BCUT2D eigenvalue weighted by Gasteiger charge is 2.10. The lowest BCUT2D eigenvalue weighted by Crippen LogP contribution is -2.02. The summed E-state index contributed by atoms with van der Waals surface area (Å²) < 4.78 is 28.4. The molecule has 0 aliphatic carbocycles. The largest absolute Gasteiger partial charge is 0.433 e. The van der Waals surface area contributed by atoms with Crippen LogP contribution in [0, 0.1) is 0 Å². The van der Waals surface area contributed by atoms with Crippen LogP contribution in [0.4, 0.5) is 8.78 Å². The zero-order chi connectivity index (χ0) is 11.5. The third-order valence-electron chi connectivity index (χ3n) is 1.98. The quantitative estimate of drug-likeness (QED) is 0.899. The van der Waals surface area contributed by atoms with Crippen LogP contribution in [0.15, 0.2) is 30.6 Å². The minimum atomic E-state index is -2.89. The van der Waals surface area contributed by atoms with E-state index < -0.39 is 6.61 Å². The smallest absolute Gasteiger partial charge is 0.387 e. The van der Waals surface area contributed by atoms with Crippen LogP contribution < -0.4 is 4.74 Å². The van der Waals surface area contributed by atoms with Gasteiger partial charge in [-0.2, -0.15) is 13.9 Å². The average molecular weight is 245 g/mol. The van der Waals surface area contributed by atoms with E-state index in [-0.39, 0.29) is 10.8 Å². The lowest BCUT2D eigenvalue weighted by molar-refractivity contribution is -0.0497. The van der Waals surface area contributed by atoms with Crippen LogP contribution >= 0.6 is 11.6 Å². The van der Waals surface area contributed by atoms with Gasteiger partial charge in [-0.15, -0.1) is 0 Å². The molecule has 1 heterocycles. The van der Waals surface area contributed by atoms with Crippen molar-refractivity contribution in [3.05, 3.63) is 35.6 Å². The summed E-state index contributed by atoms with van der Waals surface area (Å²) in [5.74, 6) is -0.0460. The minimum Gasteiger partial charge on any atom is -0.433 e. The monoisotopic (exact) mass is 244 g/mol. The van der Waals surface area contributed by atoms with E-state index in [1.807, 2.05) is 0 Å². The number of nitrogens with zero attached hydrogens (tertiary/aromatic N) is 1. The number of aromatic nitrogens is 2. The molecule has 0 saturated carbocycles. The van der Waals surface area contributed by atoms with Gasteiger partial charge in [-0.1, -0.05) is 17.7 Å². The maximum atomic E-state index is 12.1. The SMILES string of the molecule is FC(F)Oc1cc(-c2cn[nH]c2)ccc1Cl. The Bertz CT molecular complexity index is 474. The number of H-pyrrole nitrogens is 1. The summed E-state index contributed by atoms with van der Waals surface area (Å²) in [7, 11) is 0. The van der Waals surface area contributed by atoms with Crippen molar-refractivity contribution in [3.63, 3.8) is 0 Å². The maximum Gasteiger partial charge on any atom is 0.387 e. The van der Waals surface area contributed by atoms with Crippen molar-refractivity contribution in [3.8, 4) is 16.9 Å². The number of hydrogen-bond acceptors (Lipinski definition) is 2. The van der Waals surface area contributed by atoms with Crippen LogP contribution in [-0.2, 0) is 0 Å². The number of ether oxygens (including phenoxy) is 1. The Kier molecular flexibility index (Phi) is 3.05. The fraction of sp³-hybridized carbons (Fsp3) is 0.100. The van der Waals surface area contributed by atoms with Crippen LogP contribution in [-0.4, -0.2) is 16.8 Å². The summed E-state index contributed by atoms with van der Waals surface area (Å²) in [5, 5.41) is 6.54. The van der Waals surface area contributed by atoms with Crippen molar-refractivity contribution >= 4 is 11.6 Å². The third kappa shape index (κ3) is 2.30. The molecule has 0 atom stereocenters. The van der Waals surface area contributed by atoms with E-state index in [1.165, 1.54) is 12.1 Å². The second-order valence-corrected chi connectivity index (χ2v) is 3.42. The number of rotatable bonds is 3. The normalized spacial score (nSPS) is 10.8. The Labute approximate surface area is 95.0 Å². The van der Waals surface area contributed by atoms with E-state index >= 15 is 0 Å². The van der Waals surface area contributed by atoms with Crippen molar-refractivity contribution < 1.29 is 13.5 Å². The Morgan fingerprint density at radius 3 is 2.75 bits per heavy atom. The van der Waals surface area contributed by atoms with Gasteiger partial charge >= 0.3 is 6.61 Å². The van der Waals surface area contributed by atoms with Gasteiger partial charge in [-0.05, 0) is 17.7 Å². The molecule has 1 aromatic heterocycles. The molecule has 6 heteroatoms. The Balaban J connectivity index is 2.36. The number of alkyl halides is 2. The summed E-state index contributed by atoms with van der Waals surface area (Å²) in [6, 6.07) is 4.65. The fourth-order valence-electron chi connectivity index (χ4n) is 1.28. The second-order valence-electron chi connectivity index (χ2n) is 3.01. The Morgan fingerprint density at radius 1 is 1.31 bits per heavy atom. The highest BCUT2D eigenvalue weighted by atomic mass is 35.5. The van der Waals surface area contributed by atoms with Gasteiger partial charge in [0, 0.05) is 11.8 Å². The summed E-state index contributed by atoms with van der Waals surface area (Å²) >= 11 is 5.72. The van der Waals surface area contributed by atoms with Crippen LogP contribution in [0.2, 0.25) is 5.02 Å². The third-order valence-corrected chi connectivity index (χ3v) is 2.29. The average Bonchev–Trinajstić information content (AvgIpc) is 2.73. The predicted molar refractivity (Wildman–Crippen MR) is 55.7 cm³/mol. The van der Waals surface area contributed by atoms with Gasteiger partial charge in [-0.3, -0.25) is 5.10 Å². The molecule has 1 N–H and O–H groups in total. The molecule has 84 valence electrons. The van der Waals surface area contributed by atoms with Crippen LogP contribution in [0.1, 0.15) is 0 Å². The molecule has 0 aliphatic rings. The number of nitrogens with one attached hydrogen (secondary N) is 1. The first-order valence-electron chi connectivity index (χ1n) is 4.40. The Morgan fingerprint density at radius 2 is 2.12 bits per heavy atom. The van der Waals surface area contributed by atoms with E-state index in [4.69, 9.17) is 11.6 Å². The molecule has 0 fully saturated rings. The molecule has 1 aromatic carbocycles. The second kappa shape index (κ2) is 4.49. The van der Waals surface area contributed by atoms with Crippen molar-refractivity contribution in [1.29, 1.82) is 0 Å². The van der Waals surface area contributed by atoms with E-state index in [9.17, 15) is 8.78 Å². The zero-order valence-electron chi connectivity index (χ0n) is 7.95.